The van der Waals surface area contributed by atoms with Crippen LogP contribution in [0.2, 0.25) is 0 Å². The van der Waals surface area contributed by atoms with E-state index < -0.39 is 6.10 Å². The molecule has 1 heterocycles. The molecule has 0 saturated carbocycles. The van der Waals surface area contributed by atoms with Crippen LogP contribution in [0.5, 0.6) is 0 Å². The molecule has 2 N–H and O–H groups in total. The van der Waals surface area contributed by atoms with E-state index in [2.05, 4.69) is 20.8 Å². The van der Waals surface area contributed by atoms with E-state index in [1.807, 2.05) is 24.3 Å². The highest BCUT2D eigenvalue weighted by molar-refractivity contribution is 9.10. The van der Waals surface area contributed by atoms with Crippen LogP contribution in [0.1, 0.15) is 30.9 Å². The molecule has 1 aromatic carbocycles. The van der Waals surface area contributed by atoms with Crippen molar-refractivity contribution in [1.82, 2.24) is 4.90 Å². The Morgan fingerprint density at radius 1 is 1.39 bits per heavy atom. The highest BCUT2D eigenvalue weighted by Gasteiger charge is 2.24. The van der Waals surface area contributed by atoms with Crippen LogP contribution in [0.25, 0.3) is 0 Å². The summed E-state index contributed by atoms with van der Waals surface area (Å²) in [5.41, 5.74) is 0.942. The maximum Gasteiger partial charge on any atom is 0.0813 e. The maximum atomic E-state index is 10.2. The van der Waals surface area contributed by atoms with Crippen molar-refractivity contribution >= 4 is 15.9 Å². The first-order valence-electron chi connectivity index (χ1n) is 6.49. The molecule has 0 radical (unpaired) electrons. The second kappa shape index (κ2) is 6.66. The van der Waals surface area contributed by atoms with Gasteiger partial charge in [-0.1, -0.05) is 34.1 Å². The Morgan fingerprint density at radius 2 is 2.17 bits per heavy atom. The molecule has 0 spiro atoms. The summed E-state index contributed by atoms with van der Waals surface area (Å²) in [5, 5.41) is 19.5. The summed E-state index contributed by atoms with van der Waals surface area (Å²) in [6, 6.07) is 8.07. The quantitative estimate of drug-likeness (QED) is 0.877. The Balaban J connectivity index is 1.88. The number of nitrogens with zero attached hydrogens (tertiary/aromatic N) is 1. The van der Waals surface area contributed by atoms with E-state index in [1.54, 1.807) is 0 Å². The zero-order valence-electron chi connectivity index (χ0n) is 10.4. The van der Waals surface area contributed by atoms with Crippen molar-refractivity contribution in [1.29, 1.82) is 0 Å². The van der Waals surface area contributed by atoms with E-state index in [4.69, 9.17) is 0 Å². The van der Waals surface area contributed by atoms with Crippen molar-refractivity contribution in [2.45, 2.75) is 31.4 Å². The van der Waals surface area contributed by atoms with Crippen LogP contribution in [0.4, 0.5) is 0 Å². The molecular weight excluding hydrogens is 294 g/mol. The Bertz CT molecular complexity index is 386. The second-order valence-electron chi connectivity index (χ2n) is 4.84. The van der Waals surface area contributed by atoms with E-state index in [0.717, 1.165) is 36.0 Å². The molecule has 2 rings (SSSR count). The molecule has 1 fully saturated rings. The van der Waals surface area contributed by atoms with Crippen LogP contribution < -0.4 is 0 Å². The van der Waals surface area contributed by atoms with Gasteiger partial charge in [-0.05, 0) is 37.4 Å². The standard InChI is InChI=1S/C14H20BrNO2/c15-13-6-2-1-5-12(13)14(18)7-9-16-8-3-4-11(16)10-17/h1-2,5-6,11,14,17-18H,3-4,7-10H2. The fraction of sp³-hybridized carbons (Fsp3) is 0.571. The molecule has 0 bridgehead atoms. The smallest absolute Gasteiger partial charge is 0.0813 e. The van der Waals surface area contributed by atoms with Gasteiger partial charge < -0.3 is 10.2 Å². The number of hydrogen-bond acceptors (Lipinski definition) is 3. The SMILES string of the molecule is OCC1CCCN1CCC(O)c1ccccc1Br. The van der Waals surface area contributed by atoms with Gasteiger partial charge in [0.15, 0.2) is 0 Å². The predicted octanol–water partition coefficient (Wildman–Crippen LogP) is 2.33. The van der Waals surface area contributed by atoms with Gasteiger partial charge in [0, 0.05) is 17.1 Å². The minimum Gasteiger partial charge on any atom is -0.395 e. The van der Waals surface area contributed by atoms with Crippen LogP contribution >= 0.6 is 15.9 Å². The van der Waals surface area contributed by atoms with E-state index in [9.17, 15) is 10.2 Å². The lowest BCUT2D eigenvalue weighted by Crippen LogP contribution is -2.33. The number of hydrogen-bond donors (Lipinski definition) is 2. The summed E-state index contributed by atoms with van der Waals surface area (Å²) in [6.45, 7) is 2.10. The average Bonchev–Trinajstić information content (AvgIpc) is 2.84. The first kappa shape index (κ1) is 14.0. The maximum absolute atomic E-state index is 10.2. The van der Waals surface area contributed by atoms with E-state index >= 15 is 0 Å². The van der Waals surface area contributed by atoms with Gasteiger partial charge in [0.2, 0.25) is 0 Å². The number of rotatable bonds is 5. The van der Waals surface area contributed by atoms with Crippen molar-refractivity contribution in [3.63, 3.8) is 0 Å². The summed E-state index contributed by atoms with van der Waals surface area (Å²) in [7, 11) is 0. The van der Waals surface area contributed by atoms with Gasteiger partial charge in [-0.2, -0.15) is 0 Å². The highest BCUT2D eigenvalue weighted by Crippen LogP contribution is 2.26. The van der Waals surface area contributed by atoms with Gasteiger partial charge >= 0.3 is 0 Å². The van der Waals surface area contributed by atoms with Gasteiger partial charge in [-0.3, -0.25) is 4.90 Å². The predicted molar refractivity (Wildman–Crippen MR) is 75.4 cm³/mol. The first-order valence-corrected chi connectivity index (χ1v) is 7.29. The van der Waals surface area contributed by atoms with Crippen LogP contribution in [0.15, 0.2) is 28.7 Å². The monoisotopic (exact) mass is 313 g/mol. The third-order valence-electron chi connectivity index (χ3n) is 3.66. The molecule has 1 aliphatic rings. The highest BCUT2D eigenvalue weighted by atomic mass is 79.9. The minimum atomic E-state index is -0.444. The number of likely N-dealkylation sites (tertiary alicyclic amines) is 1. The van der Waals surface area contributed by atoms with Gasteiger partial charge in [0.1, 0.15) is 0 Å². The number of aliphatic hydroxyl groups is 2. The summed E-state index contributed by atoms with van der Waals surface area (Å²) in [4.78, 5) is 2.28. The van der Waals surface area contributed by atoms with Crippen LogP contribution in [0.3, 0.4) is 0 Å². The fourth-order valence-corrected chi connectivity index (χ4v) is 3.13. The lowest BCUT2D eigenvalue weighted by Gasteiger charge is -2.24. The molecular formula is C14H20BrNO2. The lowest BCUT2D eigenvalue weighted by molar-refractivity contribution is 0.116. The van der Waals surface area contributed by atoms with Gasteiger partial charge in [-0.15, -0.1) is 0 Å². The molecule has 0 amide bonds. The van der Waals surface area contributed by atoms with Gasteiger partial charge in [0.25, 0.3) is 0 Å². The average molecular weight is 314 g/mol. The van der Waals surface area contributed by atoms with Crippen molar-refractivity contribution in [3.05, 3.63) is 34.3 Å². The number of aliphatic hydroxyl groups excluding tert-OH is 2. The van der Waals surface area contributed by atoms with Crippen LogP contribution in [-0.4, -0.2) is 40.9 Å². The van der Waals surface area contributed by atoms with Crippen LogP contribution in [0, 0.1) is 0 Å². The largest absolute Gasteiger partial charge is 0.395 e. The van der Waals surface area contributed by atoms with Crippen LogP contribution in [-0.2, 0) is 0 Å². The van der Waals surface area contributed by atoms with Crippen molar-refractivity contribution in [2.75, 3.05) is 19.7 Å². The van der Waals surface area contributed by atoms with E-state index in [-0.39, 0.29) is 12.6 Å². The molecule has 1 aromatic rings. The molecule has 2 atom stereocenters. The molecule has 1 aliphatic heterocycles. The second-order valence-corrected chi connectivity index (χ2v) is 5.69. The first-order chi connectivity index (χ1) is 8.72. The Morgan fingerprint density at radius 3 is 2.89 bits per heavy atom. The molecule has 18 heavy (non-hydrogen) atoms. The molecule has 0 aliphatic carbocycles. The van der Waals surface area contributed by atoms with Crippen molar-refractivity contribution < 1.29 is 10.2 Å². The zero-order valence-corrected chi connectivity index (χ0v) is 12.0. The van der Waals surface area contributed by atoms with Crippen molar-refractivity contribution in [3.8, 4) is 0 Å². The number of halogens is 1. The normalized spacial score (nSPS) is 22.3. The summed E-state index contributed by atoms with van der Waals surface area (Å²) >= 11 is 3.46. The van der Waals surface area contributed by atoms with E-state index in [1.165, 1.54) is 0 Å². The van der Waals surface area contributed by atoms with Gasteiger partial charge in [-0.25, -0.2) is 0 Å². The molecule has 100 valence electrons. The molecule has 2 unspecified atom stereocenters. The molecule has 1 saturated heterocycles. The van der Waals surface area contributed by atoms with Crippen molar-refractivity contribution in [2.24, 2.45) is 0 Å². The third kappa shape index (κ3) is 3.32. The Hall–Kier alpha value is -0.420. The van der Waals surface area contributed by atoms with E-state index in [0.29, 0.717) is 6.42 Å². The minimum absolute atomic E-state index is 0.227. The third-order valence-corrected chi connectivity index (χ3v) is 4.39. The van der Waals surface area contributed by atoms with Gasteiger partial charge in [0.05, 0.1) is 12.7 Å². The molecule has 4 heteroatoms. The summed E-state index contributed by atoms with van der Waals surface area (Å²) in [6.07, 6.45) is 2.48. The Labute approximate surface area is 117 Å². The number of benzene rings is 1. The summed E-state index contributed by atoms with van der Waals surface area (Å²) < 4.78 is 0.956. The lowest BCUT2D eigenvalue weighted by atomic mass is 10.1. The Kier molecular flexibility index (Phi) is 5.18. The topological polar surface area (TPSA) is 43.7 Å². The zero-order chi connectivity index (χ0) is 13.0. The molecule has 3 nitrogen and oxygen atoms in total. The fourth-order valence-electron chi connectivity index (χ4n) is 2.59. The summed E-state index contributed by atoms with van der Waals surface area (Å²) in [5.74, 6) is 0. The molecule has 0 aromatic heterocycles.